The Morgan fingerprint density at radius 1 is 1.46 bits per heavy atom. The lowest BCUT2D eigenvalue weighted by Gasteiger charge is -1.98. The third-order valence-corrected chi connectivity index (χ3v) is 1.78. The maximum atomic E-state index is 13.2. The highest BCUT2D eigenvalue weighted by Gasteiger charge is 1.96. The van der Waals surface area contributed by atoms with E-state index in [1.54, 1.807) is 18.2 Å². The van der Waals surface area contributed by atoms with Gasteiger partial charge in [-0.3, -0.25) is 0 Å². The molecule has 0 saturated heterocycles. The van der Waals surface area contributed by atoms with Gasteiger partial charge < -0.3 is 5.32 Å². The smallest absolute Gasteiger partial charge is 0.130 e. The molecule has 1 aromatic rings. The molecule has 0 fully saturated rings. The Labute approximate surface area is 78.3 Å². The fraction of sp³-hybridized carbons (Fsp3) is 0.273. The van der Waals surface area contributed by atoms with Crippen LogP contribution in [-0.4, -0.2) is 13.6 Å². The van der Waals surface area contributed by atoms with Gasteiger partial charge in [-0.15, -0.1) is 0 Å². The van der Waals surface area contributed by atoms with Crippen molar-refractivity contribution in [2.24, 2.45) is 0 Å². The summed E-state index contributed by atoms with van der Waals surface area (Å²) in [5.74, 6) is -0.160. The molecule has 0 bridgehead atoms. The van der Waals surface area contributed by atoms with Gasteiger partial charge in [0.25, 0.3) is 0 Å². The molecule has 1 aromatic carbocycles. The van der Waals surface area contributed by atoms with Crippen LogP contribution in [0.1, 0.15) is 11.1 Å². The van der Waals surface area contributed by atoms with Crippen molar-refractivity contribution in [1.82, 2.24) is 5.32 Å². The van der Waals surface area contributed by atoms with Crippen molar-refractivity contribution >= 4 is 6.08 Å². The third-order valence-electron chi connectivity index (χ3n) is 1.78. The Hall–Kier alpha value is -1.15. The number of rotatable bonds is 3. The van der Waals surface area contributed by atoms with E-state index in [-0.39, 0.29) is 5.82 Å². The second kappa shape index (κ2) is 4.77. The summed E-state index contributed by atoms with van der Waals surface area (Å²) in [6.07, 6.45) is 3.68. The molecule has 0 unspecified atom stereocenters. The minimum Gasteiger partial charge on any atom is -0.316 e. The quantitative estimate of drug-likeness (QED) is 0.751. The number of benzene rings is 1. The first kappa shape index (κ1) is 9.93. The molecule has 0 aliphatic rings. The number of nitrogens with one attached hydrogen (secondary N) is 1. The van der Waals surface area contributed by atoms with E-state index in [1.807, 2.05) is 26.1 Å². The molecular formula is C11H14FN. The highest BCUT2D eigenvalue weighted by atomic mass is 19.1. The number of likely N-dealkylation sites (N-methyl/N-ethyl adjacent to an activating group) is 1. The van der Waals surface area contributed by atoms with Gasteiger partial charge in [-0.25, -0.2) is 4.39 Å². The summed E-state index contributed by atoms with van der Waals surface area (Å²) in [4.78, 5) is 0. The first-order valence-corrected chi connectivity index (χ1v) is 4.31. The molecular weight excluding hydrogens is 165 g/mol. The highest BCUT2D eigenvalue weighted by molar-refractivity contribution is 5.50. The van der Waals surface area contributed by atoms with Crippen LogP contribution in [0.15, 0.2) is 24.3 Å². The fourth-order valence-electron chi connectivity index (χ4n) is 1.07. The van der Waals surface area contributed by atoms with Crippen molar-refractivity contribution in [1.29, 1.82) is 0 Å². The summed E-state index contributed by atoms with van der Waals surface area (Å²) in [6.45, 7) is 2.64. The van der Waals surface area contributed by atoms with Gasteiger partial charge in [0.1, 0.15) is 5.82 Å². The van der Waals surface area contributed by atoms with Gasteiger partial charge in [0, 0.05) is 12.1 Å². The number of hydrogen-bond donors (Lipinski definition) is 1. The molecule has 1 rings (SSSR count). The molecule has 0 saturated carbocycles. The third kappa shape index (κ3) is 2.99. The highest BCUT2D eigenvalue weighted by Crippen LogP contribution is 2.10. The second-order valence-electron chi connectivity index (χ2n) is 2.99. The lowest BCUT2D eigenvalue weighted by Crippen LogP contribution is -2.03. The van der Waals surface area contributed by atoms with Gasteiger partial charge in [-0.05, 0) is 25.6 Å². The maximum absolute atomic E-state index is 13.2. The van der Waals surface area contributed by atoms with Gasteiger partial charge in [0.15, 0.2) is 0 Å². The number of halogens is 1. The lowest BCUT2D eigenvalue weighted by atomic mass is 10.1. The first-order chi connectivity index (χ1) is 6.24. The summed E-state index contributed by atoms with van der Waals surface area (Å²) in [5, 5.41) is 2.96. The SMILES string of the molecule is CNCC=Cc1ccc(C)cc1F. The van der Waals surface area contributed by atoms with Crippen molar-refractivity contribution in [3.05, 3.63) is 41.2 Å². The monoisotopic (exact) mass is 179 g/mol. The zero-order valence-electron chi connectivity index (χ0n) is 7.97. The van der Waals surface area contributed by atoms with Crippen molar-refractivity contribution in [2.75, 3.05) is 13.6 Å². The Morgan fingerprint density at radius 2 is 2.23 bits per heavy atom. The normalized spacial score (nSPS) is 11.0. The standard InChI is InChI=1S/C11H14FN/c1-9-5-6-10(11(12)8-9)4-3-7-13-2/h3-6,8,13H,7H2,1-2H3. The minimum atomic E-state index is -0.160. The first-order valence-electron chi connectivity index (χ1n) is 4.31. The van der Waals surface area contributed by atoms with E-state index in [1.165, 1.54) is 0 Å². The van der Waals surface area contributed by atoms with E-state index < -0.39 is 0 Å². The van der Waals surface area contributed by atoms with Gasteiger partial charge in [0.2, 0.25) is 0 Å². The fourth-order valence-corrected chi connectivity index (χ4v) is 1.07. The molecule has 0 amide bonds. The Balaban J connectivity index is 2.77. The van der Waals surface area contributed by atoms with Crippen LogP contribution in [-0.2, 0) is 0 Å². The molecule has 0 radical (unpaired) electrons. The zero-order valence-corrected chi connectivity index (χ0v) is 7.97. The predicted molar refractivity (Wildman–Crippen MR) is 54.1 cm³/mol. The number of hydrogen-bond acceptors (Lipinski definition) is 1. The van der Waals surface area contributed by atoms with Gasteiger partial charge in [-0.2, -0.15) is 0 Å². The largest absolute Gasteiger partial charge is 0.316 e. The van der Waals surface area contributed by atoms with Crippen LogP contribution >= 0.6 is 0 Å². The van der Waals surface area contributed by atoms with E-state index in [9.17, 15) is 4.39 Å². The topological polar surface area (TPSA) is 12.0 Å². The van der Waals surface area contributed by atoms with E-state index in [4.69, 9.17) is 0 Å². The molecule has 1 nitrogen and oxygen atoms in total. The minimum absolute atomic E-state index is 0.160. The van der Waals surface area contributed by atoms with E-state index in [2.05, 4.69) is 5.32 Å². The average molecular weight is 179 g/mol. The van der Waals surface area contributed by atoms with Crippen molar-refractivity contribution in [2.45, 2.75) is 6.92 Å². The van der Waals surface area contributed by atoms with Crippen LogP contribution in [0.5, 0.6) is 0 Å². The van der Waals surface area contributed by atoms with Crippen molar-refractivity contribution in [3.8, 4) is 0 Å². The van der Waals surface area contributed by atoms with Crippen molar-refractivity contribution in [3.63, 3.8) is 0 Å². The van der Waals surface area contributed by atoms with Crippen LogP contribution in [0.4, 0.5) is 4.39 Å². The van der Waals surface area contributed by atoms with Crippen molar-refractivity contribution < 1.29 is 4.39 Å². The summed E-state index contributed by atoms with van der Waals surface area (Å²) >= 11 is 0. The van der Waals surface area contributed by atoms with Crippen LogP contribution in [0, 0.1) is 12.7 Å². The van der Waals surface area contributed by atoms with E-state index in [0.717, 1.165) is 12.1 Å². The Morgan fingerprint density at radius 3 is 2.85 bits per heavy atom. The molecule has 0 aromatic heterocycles. The van der Waals surface area contributed by atoms with Crippen LogP contribution in [0.25, 0.3) is 6.08 Å². The van der Waals surface area contributed by atoms with Crippen LogP contribution < -0.4 is 5.32 Å². The molecule has 1 N–H and O–H groups in total. The van der Waals surface area contributed by atoms with Gasteiger partial charge in [0.05, 0.1) is 0 Å². The van der Waals surface area contributed by atoms with Crippen LogP contribution in [0.2, 0.25) is 0 Å². The molecule has 2 heteroatoms. The summed E-state index contributed by atoms with van der Waals surface area (Å²) in [5.41, 5.74) is 1.59. The average Bonchev–Trinajstić information content (AvgIpc) is 2.09. The molecule has 0 spiro atoms. The molecule has 0 atom stereocenters. The summed E-state index contributed by atoms with van der Waals surface area (Å²) < 4.78 is 13.2. The lowest BCUT2D eigenvalue weighted by molar-refractivity contribution is 0.624. The zero-order chi connectivity index (χ0) is 9.68. The predicted octanol–water partition coefficient (Wildman–Crippen LogP) is 2.37. The second-order valence-corrected chi connectivity index (χ2v) is 2.99. The van der Waals surface area contributed by atoms with E-state index >= 15 is 0 Å². The molecule has 0 aliphatic heterocycles. The molecule has 0 heterocycles. The molecule has 0 aliphatic carbocycles. The maximum Gasteiger partial charge on any atom is 0.130 e. The summed E-state index contributed by atoms with van der Waals surface area (Å²) in [7, 11) is 1.86. The Bertz CT molecular complexity index is 305. The summed E-state index contributed by atoms with van der Waals surface area (Å²) in [6, 6.07) is 5.23. The number of aryl methyl sites for hydroxylation is 1. The molecule has 70 valence electrons. The van der Waals surface area contributed by atoms with Crippen LogP contribution in [0.3, 0.4) is 0 Å². The Kier molecular flexibility index (Phi) is 3.65. The van der Waals surface area contributed by atoms with Gasteiger partial charge in [-0.1, -0.05) is 24.3 Å². The van der Waals surface area contributed by atoms with E-state index in [0.29, 0.717) is 5.56 Å². The van der Waals surface area contributed by atoms with Gasteiger partial charge >= 0.3 is 0 Å². The molecule has 13 heavy (non-hydrogen) atoms.